The van der Waals surface area contributed by atoms with Gasteiger partial charge in [0.15, 0.2) is 0 Å². The van der Waals surface area contributed by atoms with Crippen LogP contribution in [-0.2, 0) is 0 Å². The molecule has 0 radical (unpaired) electrons. The van der Waals surface area contributed by atoms with E-state index < -0.39 is 12.2 Å². The third-order valence-corrected chi connectivity index (χ3v) is 3.05. The van der Waals surface area contributed by atoms with Gasteiger partial charge in [-0.15, -0.1) is 0 Å². The van der Waals surface area contributed by atoms with Gasteiger partial charge >= 0.3 is 0 Å². The summed E-state index contributed by atoms with van der Waals surface area (Å²) in [6.07, 6.45) is -2.07. The summed E-state index contributed by atoms with van der Waals surface area (Å²) in [5, 5.41) is 29.7. The fourth-order valence-corrected chi connectivity index (χ4v) is 1.86. The third kappa shape index (κ3) is 3.06. The quantitative estimate of drug-likeness (QED) is 0.281. The maximum Gasteiger partial charge on any atom is 0.138 e. The lowest BCUT2D eigenvalue weighted by molar-refractivity contribution is 0.0341. The summed E-state index contributed by atoms with van der Waals surface area (Å²) in [6.45, 7) is 0. The molecule has 4 N–H and O–H groups in total. The van der Waals surface area contributed by atoms with Crippen LogP contribution < -0.4 is 5.73 Å². The van der Waals surface area contributed by atoms with Gasteiger partial charge in [-0.3, -0.25) is 0 Å². The van der Waals surface area contributed by atoms with Crippen molar-refractivity contribution in [2.24, 2.45) is 0 Å². The molecule has 1 aromatic carbocycles. The van der Waals surface area contributed by atoms with E-state index in [1.54, 1.807) is 18.2 Å². The van der Waals surface area contributed by atoms with E-state index in [9.17, 15) is 10.2 Å². The molecule has 2 unspecified atom stereocenters. The summed E-state index contributed by atoms with van der Waals surface area (Å²) in [5.41, 5.74) is 6.49. The molecule has 0 aliphatic carbocycles. The Hall–Kier alpha value is -0.870. The summed E-state index contributed by atoms with van der Waals surface area (Å²) in [4.78, 5) is 0.678. The number of hydrogen-bond acceptors (Lipinski definition) is 6. The highest BCUT2D eigenvalue weighted by molar-refractivity contribution is 8.03. The SMILES string of the molecule is N#CSc1ccc(N)c(C(O)C(O)CS)c1. The molecule has 86 valence electrons. The van der Waals surface area contributed by atoms with Gasteiger partial charge in [-0.1, -0.05) is 0 Å². The van der Waals surface area contributed by atoms with Crippen LogP contribution in [0.1, 0.15) is 11.7 Å². The number of thiol groups is 1. The minimum absolute atomic E-state index is 0.135. The largest absolute Gasteiger partial charge is 0.398 e. The number of hydrogen-bond donors (Lipinski definition) is 4. The number of thioether (sulfide) groups is 1. The number of thiocyanates is 1. The van der Waals surface area contributed by atoms with Crippen LogP contribution in [0.2, 0.25) is 0 Å². The normalized spacial score (nSPS) is 14.1. The zero-order valence-corrected chi connectivity index (χ0v) is 10.1. The standard InChI is InChI=1S/C10H12N2O2S2/c11-5-16-6-1-2-8(12)7(3-6)10(14)9(13)4-15/h1-3,9-10,13-15H,4,12H2. The van der Waals surface area contributed by atoms with E-state index in [0.29, 0.717) is 16.1 Å². The summed E-state index contributed by atoms with van der Waals surface area (Å²) >= 11 is 4.87. The molecule has 0 amide bonds. The minimum Gasteiger partial charge on any atom is -0.398 e. The van der Waals surface area contributed by atoms with E-state index in [0.717, 1.165) is 11.8 Å². The first-order chi connectivity index (χ1) is 7.60. The van der Waals surface area contributed by atoms with E-state index in [1.807, 2.05) is 5.40 Å². The summed E-state index contributed by atoms with van der Waals surface area (Å²) in [5.74, 6) is 0.135. The Morgan fingerprint density at radius 1 is 1.50 bits per heavy atom. The molecule has 0 saturated carbocycles. The molecule has 4 nitrogen and oxygen atoms in total. The van der Waals surface area contributed by atoms with Gasteiger partial charge in [0.25, 0.3) is 0 Å². The molecule has 0 saturated heterocycles. The number of nitriles is 1. The number of nitrogens with two attached hydrogens (primary N) is 1. The van der Waals surface area contributed by atoms with E-state index in [4.69, 9.17) is 11.0 Å². The molecule has 1 aromatic rings. The second-order valence-electron chi connectivity index (χ2n) is 3.18. The number of rotatable bonds is 4. The van der Waals surface area contributed by atoms with E-state index in [-0.39, 0.29) is 5.75 Å². The summed E-state index contributed by atoms with van der Waals surface area (Å²) < 4.78 is 0. The predicted octanol–water partition coefficient (Wildman–Crippen LogP) is 1.17. The van der Waals surface area contributed by atoms with Crippen LogP contribution in [0.4, 0.5) is 5.69 Å². The highest BCUT2D eigenvalue weighted by atomic mass is 32.2. The van der Waals surface area contributed by atoms with Crippen molar-refractivity contribution in [2.45, 2.75) is 17.1 Å². The maximum absolute atomic E-state index is 9.79. The molecule has 0 aromatic heterocycles. The molecular formula is C10H12N2O2S2. The van der Waals surface area contributed by atoms with Gasteiger partial charge in [0.2, 0.25) is 0 Å². The topological polar surface area (TPSA) is 90.3 Å². The first-order valence-electron chi connectivity index (χ1n) is 4.52. The minimum atomic E-state index is -1.09. The fourth-order valence-electron chi connectivity index (χ4n) is 1.23. The van der Waals surface area contributed by atoms with Crippen molar-refractivity contribution in [1.82, 2.24) is 0 Å². The molecule has 2 atom stereocenters. The van der Waals surface area contributed by atoms with E-state index in [2.05, 4.69) is 12.6 Å². The molecule has 6 heteroatoms. The highest BCUT2D eigenvalue weighted by Crippen LogP contribution is 2.28. The first-order valence-corrected chi connectivity index (χ1v) is 5.97. The smallest absolute Gasteiger partial charge is 0.138 e. The number of aliphatic hydroxyl groups is 2. The zero-order valence-electron chi connectivity index (χ0n) is 8.37. The summed E-state index contributed by atoms with van der Waals surface area (Å²) in [6, 6.07) is 4.89. The summed E-state index contributed by atoms with van der Waals surface area (Å²) in [7, 11) is 0. The van der Waals surface area contributed by atoms with Gasteiger partial charge in [0.1, 0.15) is 11.5 Å². The van der Waals surface area contributed by atoms with Crippen molar-refractivity contribution in [1.29, 1.82) is 5.26 Å². The van der Waals surface area contributed by atoms with Gasteiger partial charge < -0.3 is 15.9 Å². The van der Waals surface area contributed by atoms with Crippen molar-refractivity contribution in [3.8, 4) is 5.40 Å². The van der Waals surface area contributed by atoms with Crippen LogP contribution in [-0.4, -0.2) is 22.1 Å². The molecule has 0 aliphatic heterocycles. The van der Waals surface area contributed by atoms with Crippen LogP contribution in [0.25, 0.3) is 0 Å². The molecular weight excluding hydrogens is 244 g/mol. The number of aliphatic hydroxyl groups excluding tert-OH is 2. The van der Waals surface area contributed by atoms with E-state index in [1.165, 1.54) is 0 Å². The van der Waals surface area contributed by atoms with Crippen LogP contribution in [0.15, 0.2) is 23.1 Å². The second kappa shape index (κ2) is 6.01. The maximum atomic E-state index is 9.79. The van der Waals surface area contributed by atoms with Crippen molar-refractivity contribution in [2.75, 3.05) is 11.5 Å². The van der Waals surface area contributed by atoms with Crippen molar-refractivity contribution in [3.63, 3.8) is 0 Å². The first kappa shape index (κ1) is 13.2. The van der Waals surface area contributed by atoms with Gasteiger partial charge in [0.05, 0.1) is 6.10 Å². The molecule has 1 rings (SSSR count). The highest BCUT2D eigenvalue weighted by Gasteiger charge is 2.19. The average molecular weight is 256 g/mol. The van der Waals surface area contributed by atoms with Gasteiger partial charge in [-0.2, -0.15) is 17.9 Å². The second-order valence-corrected chi connectivity index (χ2v) is 4.40. The molecule has 0 bridgehead atoms. The lowest BCUT2D eigenvalue weighted by atomic mass is 10.0. The van der Waals surface area contributed by atoms with Crippen molar-refractivity contribution < 1.29 is 10.2 Å². The number of nitrogen functional groups attached to an aromatic ring is 1. The van der Waals surface area contributed by atoms with Gasteiger partial charge in [0, 0.05) is 21.9 Å². The average Bonchev–Trinajstić information content (AvgIpc) is 2.30. The Morgan fingerprint density at radius 2 is 2.19 bits per heavy atom. The molecule has 16 heavy (non-hydrogen) atoms. The van der Waals surface area contributed by atoms with E-state index >= 15 is 0 Å². The van der Waals surface area contributed by atoms with Crippen LogP contribution in [0, 0.1) is 10.7 Å². The predicted molar refractivity (Wildman–Crippen MR) is 67.1 cm³/mol. The molecule has 0 aliphatic rings. The third-order valence-electron chi connectivity index (χ3n) is 2.09. The molecule has 0 heterocycles. The lowest BCUT2D eigenvalue weighted by Crippen LogP contribution is -2.20. The zero-order chi connectivity index (χ0) is 12.1. The number of anilines is 1. The number of nitrogens with zero attached hydrogens (tertiary/aromatic N) is 1. The lowest BCUT2D eigenvalue weighted by Gasteiger charge is -2.18. The Balaban J connectivity index is 3.02. The Kier molecular flexibility index (Phi) is 4.96. The van der Waals surface area contributed by atoms with Crippen LogP contribution in [0.5, 0.6) is 0 Å². The van der Waals surface area contributed by atoms with Crippen LogP contribution >= 0.6 is 24.4 Å². The Labute approximate surface area is 103 Å². The van der Waals surface area contributed by atoms with Crippen LogP contribution in [0.3, 0.4) is 0 Å². The number of benzene rings is 1. The molecule has 0 spiro atoms. The Bertz CT molecular complexity index is 406. The van der Waals surface area contributed by atoms with Gasteiger partial charge in [-0.05, 0) is 30.0 Å². The monoisotopic (exact) mass is 256 g/mol. The van der Waals surface area contributed by atoms with Crippen molar-refractivity contribution >= 4 is 30.1 Å². The fraction of sp³-hybridized carbons (Fsp3) is 0.300. The van der Waals surface area contributed by atoms with Crippen molar-refractivity contribution in [3.05, 3.63) is 23.8 Å². The molecule has 0 fully saturated rings. The van der Waals surface area contributed by atoms with Gasteiger partial charge in [-0.25, -0.2) is 0 Å². The Morgan fingerprint density at radius 3 is 2.75 bits per heavy atom.